The predicted molar refractivity (Wildman–Crippen MR) is 103 cm³/mol. The molecule has 0 saturated carbocycles. The molecular weight excluding hydrogens is 361 g/mol. The Morgan fingerprint density at radius 3 is 2.75 bits per heavy atom. The Balaban J connectivity index is 1.69. The third-order valence-corrected chi connectivity index (χ3v) is 4.88. The number of hydrogen-bond donors (Lipinski definition) is 1. The van der Waals surface area contributed by atoms with Gasteiger partial charge in [0.2, 0.25) is 11.8 Å². The maximum atomic E-state index is 13.6. The highest BCUT2D eigenvalue weighted by atomic mass is 19.1. The lowest BCUT2D eigenvalue weighted by Crippen LogP contribution is -2.36. The zero-order valence-electron chi connectivity index (χ0n) is 16.5. The summed E-state index contributed by atoms with van der Waals surface area (Å²) in [6, 6.07) is 7.40. The first kappa shape index (κ1) is 20.0. The number of aromatic nitrogens is 2. The summed E-state index contributed by atoms with van der Waals surface area (Å²) in [6.07, 6.45) is 0.850. The molecule has 0 fully saturated rings. The van der Waals surface area contributed by atoms with E-state index in [2.05, 4.69) is 10.4 Å². The second-order valence-corrected chi connectivity index (χ2v) is 7.28. The van der Waals surface area contributed by atoms with Crippen molar-refractivity contribution in [1.82, 2.24) is 24.9 Å². The lowest BCUT2D eigenvalue weighted by molar-refractivity contribution is -0.129. The van der Waals surface area contributed by atoms with Gasteiger partial charge >= 0.3 is 0 Å². The van der Waals surface area contributed by atoms with Crippen LogP contribution in [-0.2, 0) is 29.2 Å². The van der Waals surface area contributed by atoms with Crippen molar-refractivity contribution in [2.45, 2.75) is 39.0 Å². The fourth-order valence-electron chi connectivity index (χ4n) is 3.51. The van der Waals surface area contributed by atoms with Crippen LogP contribution in [0.2, 0.25) is 0 Å². The van der Waals surface area contributed by atoms with Gasteiger partial charge in [0, 0.05) is 20.0 Å². The van der Waals surface area contributed by atoms with Crippen LogP contribution in [0.4, 0.5) is 4.39 Å². The predicted octanol–water partition coefficient (Wildman–Crippen LogP) is 1.69. The van der Waals surface area contributed by atoms with Gasteiger partial charge in [-0.3, -0.25) is 19.2 Å². The summed E-state index contributed by atoms with van der Waals surface area (Å²) >= 11 is 0. The van der Waals surface area contributed by atoms with E-state index in [0.717, 1.165) is 30.9 Å². The van der Waals surface area contributed by atoms with E-state index >= 15 is 0 Å². The van der Waals surface area contributed by atoms with Crippen LogP contribution >= 0.6 is 0 Å². The number of amides is 2. The van der Waals surface area contributed by atoms with Crippen LogP contribution < -0.4 is 5.32 Å². The molecular formula is C20H26FN5O2. The van der Waals surface area contributed by atoms with Crippen molar-refractivity contribution in [3.8, 4) is 0 Å². The van der Waals surface area contributed by atoms with Gasteiger partial charge in [-0.2, -0.15) is 5.10 Å². The molecule has 1 atom stereocenters. The molecule has 0 aliphatic carbocycles. The minimum absolute atomic E-state index is 0.0495. The number of aryl methyl sites for hydroxylation is 1. The van der Waals surface area contributed by atoms with Gasteiger partial charge < -0.3 is 10.2 Å². The smallest absolute Gasteiger partial charge is 0.242 e. The van der Waals surface area contributed by atoms with E-state index in [4.69, 9.17) is 0 Å². The number of halogens is 1. The number of carbonyl (C=O) groups excluding carboxylic acids is 2. The zero-order chi connectivity index (χ0) is 20.3. The molecule has 1 aromatic carbocycles. The number of likely N-dealkylation sites (N-methyl/N-ethyl adjacent to an activating group) is 1. The summed E-state index contributed by atoms with van der Waals surface area (Å²) in [5.41, 5.74) is 2.30. The van der Waals surface area contributed by atoms with E-state index < -0.39 is 6.04 Å². The van der Waals surface area contributed by atoms with Crippen LogP contribution in [0.5, 0.6) is 0 Å². The van der Waals surface area contributed by atoms with Crippen molar-refractivity contribution in [3.05, 3.63) is 53.1 Å². The molecule has 0 saturated heterocycles. The van der Waals surface area contributed by atoms with Gasteiger partial charge in [0.1, 0.15) is 11.9 Å². The quantitative estimate of drug-likeness (QED) is 0.848. The molecule has 7 nitrogen and oxygen atoms in total. The first-order chi connectivity index (χ1) is 13.3. The Bertz CT molecular complexity index is 864. The molecule has 1 aliphatic heterocycles. The van der Waals surface area contributed by atoms with E-state index in [9.17, 15) is 14.0 Å². The van der Waals surface area contributed by atoms with Crippen LogP contribution in [0.25, 0.3) is 0 Å². The van der Waals surface area contributed by atoms with Gasteiger partial charge in [0.25, 0.3) is 0 Å². The summed E-state index contributed by atoms with van der Waals surface area (Å²) in [6.45, 7) is 3.85. The minimum atomic E-state index is -0.593. The zero-order valence-corrected chi connectivity index (χ0v) is 16.5. The highest BCUT2D eigenvalue weighted by molar-refractivity contribution is 5.83. The maximum Gasteiger partial charge on any atom is 0.242 e. The second kappa shape index (κ2) is 8.52. The Hall–Kier alpha value is -2.74. The van der Waals surface area contributed by atoms with E-state index in [-0.39, 0.29) is 24.2 Å². The number of nitrogens with zero attached hydrogens (tertiary/aromatic N) is 4. The van der Waals surface area contributed by atoms with Crippen LogP contribution in [0.3, 0.4) is 0 Å². The molecule has 0 radical (unpaired) electrons. The Morgan fingerprint density at radius 2 is 2.07 bits per heavy atom. The molecule has 1 aliphatic rings. The first-order valence-corrected chi connectivity index (χ1v) is 9.36. The van der Waals surface area contributed by atoms with E-state index in [1.54, 1.807) is 43.0 Å². The fourth-order valence-corrected chi connectivity index (χ4v) is 3.51. The SMILES string of the molecule is CC(=O)N1CCCn2nc(CNC(=O)C(c3cccc(F)c3)N(C)C)cc2C1. The number of benzene rings is 1. The standard InChI is InChI=1S/C20H26FN5O2/c1-14(27)25-8-5-9-26-18(13-25)11-17(23-26)12-22-20(28)19(24(2)3)15-6-4-7-16(21)10-15/h4,6-7,10-11,19H,5,8-9,12-13H2,1-3H3,(H,22,28). The molecule has 1 N–H and O–H groups in total. The van der Waals surface area contributed by atoms with Crippen molar-refractivity contribution in [3.63, 3.8) is 0 Å². The normalized spacial score (nSPS) is 15.1. The maximum absolute atomic E-state index is 13.6. The lowest BCUT2D eigenvalue weighted by atomic mass is 10.1. The number of hydrogen-bond acceptors (Lipinski definition) is 4. The Morgan fingerprint density at radius 1 is 1.29 bits per heavy atom. The highest BCUT2D eigenvalue weighted by Crippen LogP contribution is 2.20. The number of fused-ring (bicyclic) bond motifs is 1. The molecule has 28 heavy (non-hydrogen) atoms. The Labute approximate surface area is 164 Å². The number of nitrogens with one attached hydrogen (secondary N) is 1. The van der Waals surface area contributed by atoms with Crippen molar-refractivity contribution in [2.24, 2.45) is 0 Å². The van der Waals surface area contributed by atoms with Crippen molar-refractivity contribution in [1.29, 1.82) is 0 Å². The summed E-state index contributed by atoms with van der Waals surface area (Å²) in [5.74, 6) is -0.539. The largest absolute Gasteiger partial charge is 0.349 e. The first-order valence-electron chi connectivity index (χ1n) is 9.36. The van der Waals surface area contributed by atoms with Crippen LogP contribution in [0.1, 0.15) is 36.3 Å². The average Bonchev–Trinajstić information content (AvgIpc) is 2.89. The molecule has 150 valence electrons. The number of carbonyl (C=O) groups is 2. The van der Waals surface area contributed by atoms with Crippen molar-refractivity contribution >= 4 is 11.8 Å². The van der Waals surface area contributed by atoms with Gasteiger partial charge in [0.05, 0.1) is 24.5 Å². The Kier molecular flexibility index (Phi) is 6.08. The van der Waals surface area contributed by atoms with E-state index in [0.29, 0.717) is 12.1 Å². The molecule has 0 spiro atoms. The lowest BCUT2D eigenvalue weighted by Gasteiger charge is -2.23. The van der Waals surface area contributed by atoms with E-state index in [1.807, 2.05) is 10.7 Å². The second-order valence-electron chi connectivity index (χ2n) is 7.28. The molecule has 1 unspecified atom stereocenters. The fraction of sp³-hybridized carbons (Fsp3) is 0.450. The van der Waals surface area contributed by atoms with Gasteiger partial charge in [0.15, 0.2) is 0 Å². The topological polar surface area (TPSA) is 70.5 Å². The van der Waals surface area contributed by atoms with E-state index in [1.165, 1.54) is 12.1 Å². The summed E-state index contributed by atoms with van der Waals surface area (Å²) in [5, 5.41) is 7.46. The monoisotopic (exact) mass is 387 g/mol. The van der Waals surface area contributed by atoms with Crippen LogP contribution in [-0.4, -0.2) is 52.0 Å². The minimum Gasteiger partial charge on any atom is -0.349 e. The molecule has 2 aromatic rings. The van der Waals surface area contributed by atoms with Gasteiger partial charge in [-0.1, -0.05) is 12.1 Å². The average molecular weight is 387 g/mol. The third-order valence-electron chi connectivity index (χ3n) is 4.88. The third kappa shape index (κ3) is 4.56. The van der Waals surface area contributed by atoms with Gasteiger partial charge in [-0.25, -0.2) is 4.39 Å². The summed E-state index contributed by atoms with van der Waals surface area (Å²) in [4.78, 5) is 28.0. The molecule has 2 heterocycles. The van der Waals surface area contributed by atoms with Crippen LogP contribution in [0.15, 0.2) is 30.3 Å². The molecule has 0 bridgehead atoms. The van der Waals surface area contributed by atoms with Crippen molar-refractivity contribution < 1.29 is 14.0 Å². The molecule has 3 rings (SSSR count). The van der Waals surface area contributed by atoms with Gasteiger partial charge in [-0.05, 0) is 44.3 Å². The highest BCUT2D eigenvalue weighted by Gasteiger charge is 2.24. The number of rotatable bonds is 5. The molecule has 2 amide bonds. The van der Waals surface area contributed by atoms with Gasteiger partial charge in [-0.15, -0.1) is 0 Å². The van der Waals surface area contributed by atoms with Crippen LogP contribution in [0, 0.1) is 5.82 Å². The summed E-state index contributed by atoms with van der Waals surface area (Å²) < 4.78 is 15.5. The summed E-state index contributed by atoms with van der Waals surface area (Å²) in [7, 11) is 3.56. The molecule has 1 aromatic heterocycles. The molecule has 8 heteroatoms. The van der Waals surface area contributed by atoms with Crippen molar-refractivity contribution in [2.75, 3.05) is 20.6 Å².